The summed E-state index contributed by atoms with van der Waals surface area (Å²) < 4.78 is 5.29. The molecule has 0 bridgehead atoms. The molecule has 1 amide bonds. The highest BCUT2D eigenvalue weighted by atomic mass is 16.5. The normalized spacial score (nSPS) is 21.1. The molecule has 0 radical (unpaired) electrons. The van der Waals surface area contributed by atoms with Gasteiger partial charge in [-0.3, -0.25) is 4.79 Å². The predicted octanol–water partition coefficient (Wildman–Crippen LogP) is 1.55. The number of aromatic hydroxyl groups is 1. The number of phenols is 1. The van der Waals surface area contributed by atoms with Gasteiger partial charge in [0, 0.05) is 24.1 Å². The van der Waals surface area contributed by atoms with E-state index in [0.29, 0.717) is 18.1 Å². The van der Waals surface area contributed by atoms with Crippen molar-refractivity contribution in [2.24, 2.45) is 5.92 Å². The average Bonchev–Trinajstić information content (AvgIpc) is 2.82. The molecule has 0 saturated carbocycles. The fourth-order valence-electron chi connectivity index (χ4n) is 2.00. The molecular weight excluding hydrogens is 218 g/mol. The SMILES string of the molecule is CC(NC(=O)c1cccc(O)c1)C1CCOC1. The van der Waals surface area contributed by atoms with Crippen LogP contribution in [0.2, 0.25) is 0 Å². The van der Waals surface area contributed by atoms with E-state index in [0.717, 1.165) is 13.0 Å². The van der Waals surface area contributed by atoms with Gasteiger partial charge in [0.05, 0.1) is 6.61 Å². The Morgan fingerprint density at radius 1 is 1.59 bits per heavy atom. The number of nitrogens with one attached hydrogen (secondary N) is 1. The highest BCUT2D eigenvalue weighted by Gasteiger charge is 2.23. The van der Waals surface area contributed by atoms with Crippen LogP contribution in [0.4, 0.5) is 0 Å². The van der Waals surface area contributed by atoms with Crippen molar-refractivity contribution in [1.82, 2.24) is 5.32 Å². The van der Waals surface area contributed by atoms with Gasteiger partial charge < -0.3 is 15.2 Å². The Morgan fingerprint density at radius 3 is 3.06 bits per heavy atom. The van der Waals surface area contributed by atoms with Gasteiger partial charge in [0.25, 0.3) is 5.91 Å². The first kappa shape index (κ1) is 11.9. The first-order valence-electron chi connectivity index (χ1n) is 5.84. The van der Waals surface area contributed by atoms with Gasteiger partial charge in [0.15, 0.2) is 0 Å². The summed E-state index contributed by atoms with van der Waals surface area (Å²) in [5, 5.41) is 12.2. The van der Waals surface area contributed by atoms with Crippen LogP contribution in [0.25, 0.3) is 0 Å². The Bertz CT molecular complexity index is 399. The molecule has 1 aliphatic heterocycles. The van der Waals surface area contributed by atoms with E-state index in [1.807, 2.05) is 6.92 Å². The fraction of sp³-hybridized carbons (Fsp3) is 0.462. The Hall–Kier alpha value is -1.55. The second kappa shape index (κ2) is 5.19. The number of carbonyl (C=O) groups excluding carboxylic acids is 1. The molecular formula is C13H17NO3. The van der Waals surface area contributed by atoms with Crippen molar-refractivity contribution in [3.8, 4) is 5.75 Å². The number of hydrogen-bond acceptors (Lipinski definition) is 3. The molecule has 0 aliphatic carbocycles. The second-order valence-electron chi connectivity index (χ2n) is 4.44. The van der Waals surface area contributed by atoms with Crippen molar-refractivity contribution in [3.05, 3.63) is 29.8 Å². The lowest BCUT2D eigenvalue weighted by molar-refractivity contribution is 0.0922. The number of benzene rings is 1. The topological polar surface area (TPSA) is 58.6 Å². The minimum atomic E-state index is -0.152. The molecule has 0 spiro atoms. The van der Waals surface area contributed by atoms with Crippen LogP contribution in [0.1, 0.15) is 23.7 Å². The highest BCUT2D eigenvalue weighted by Crippen LogP contribution is 2.17. The number of hydrogen-bond donors (Lipinski definition) is 2. The molecule has 2 rings (SSSR count). The van der Waals surface area contributed by atoms with E-state index in [-0.39, 0.29) is 17.7 Å². The largest absolute Gasteiger partial charge is 0.508 e. The maximum absolute atomic E-state index is 11.9. The molecule has 1 saturated heterocycles. The summed E-state index contributed by atoms with van der Waals surface area (Å²) in [6.07, 6.45) is 0.988. The summed E-state index contributed by atoms with van der Waals surface area (Å²) in [5.74, 6) is 0.339. The Kier molecular flexibility index (Phi) is 3.64. The van der Waals surface area contributed by atoms with Crippen molar-refractivity contribution in [2.45, 2.75) is 19.4 Å². The lowest BCUT2D eigenvalue weighted by Gasteiger charge is -2.19. The zero-order chi connectivity index (χ0) is 12.3. The van der Waals surface area contributed by atoms with Crippen LogP contribution in [0, 0.1) is 5.92 Å². The van der Waals surface area contributed by atoms with E-state index in [4.69, 9.17) is 4.74 Å². The molecule has 2 N–H and O–H groups in total. The van der Waals surface area contributed by atoms with Crippen molar-refractivity contribution in [1.29, 1.82) is 0 Å². The molecule has 4 nitrogen and oxygen atoms in total. The molecule has 4 heteroatoms. The summed E-state index contributed by atoms with van der Waals surface area (Å²) in [7, 11) is 0. The zero-order valence-corrected chi connectivity index (χ0v) is 9.85. The molecule has 2 unspecified atom stereocenters. The zero-order valence-electron chi connectivity index (χ0n) is 9.85. The second-order valence-corrected chi connectivity index (χ2v) is 4.44. The van der Waals surface area contributed by atoms with Crippen LogP contribution < -0.4 is 5.32 Å². The number of carbonyl (C=O) groups is 1. The molecule has 92 valence electrons. The van der Waals surface area contributed by atoms with Gasteiger partial charge in [-0.2, -0.15) is 0 Å². The third kappa shape index (κ3) is 2.97. The Labute approximate surface area is 101 Å². The van der Waals surface area contributed by atoms with Crippen molar-refractivity contribution >= 4 is 5.91 Å². The maximum Gasteiger partial charge on any atom is 0.251 e. The van der Waals surface area contributed by atoms with Crippen molar-refractivity contribution in [3.63, 3.8) is 0 Å². The van der Waals surface area contributed by atoms with Gasteiger partial charge in [0.1, 0.15) is 5.75 Å². The number of rotatable bonds is 3. The first-order chi connectivity index (χ1) is 8.16. The van der Waals surface area contributed by atoms with Crippen LogP contribution in [0.3, 0.4) is 0 Å². The van der Waals surface area contributed by atoms with Crippen LogP contribution in [0.15, 0.2) is 24.3 Å². The third-order valence-electron chi connectivity index (χ3n) is 3.14. The fourth-order valence-corrected chi connectivity index (χ4v) is 2.00. The van der Waals surface area contributed by atoms with Crippen LogP contribution in [0.5, 0.6) is 5.75 Å². The van der Waals surface area contributed by atoms with Gasteiger partial charge in [-0.1, -0.05) is 6.07 Å². The molecule has 17 heavy (non-hydrogen) atoms. The molecule has 1 heterocycles. The Morgan fingerprint density at radius 2 is 2.41 bits per heavy atom. The van der Waals surface area contributed by atoms with Gasteiger partial charge in [-0.25, -0.2) is 0 Å². The quantitative estimate of drug-likeness (QED) is 0.835. The van der Waals surface area contributed by atoms with Gasteiger partial charge in [0.2, 0.25) is 0 Å². The summed E-state index contributed by atoms with van der Waals surface area (Å²) in [6.45, 7) is 3.47. The van der Waals surface area contributed by atoms with E-state index in [2.05, 4.69) is 5.32 Å². The molecule has 1 fully saturated rings. The first-order valence-corrected chi connectivity index (χ1v) is 5.84. The van der Waals surface area contributed by atoms with Gasteiger partial charge in [-0.05, 0) is 31.5 Å². The lowest BCUT2D eigenvalue weighted by Crippen LogP contribution is -2.38. The molecule has 0 aromatic heterocycles. The minimum absolute atomic E-state index is 0.0901. The lowest BCUT2D eigenvalue weighted by atomic mass is 10.0. The Balaban J connectivity index is 1.96. The predicted molar refractivity (Wildman–Crippen MR) is 64.0 cm³/mol. The van der Waals surface area contributed by atoms with Crippen LogP contribution >= 0.6 is 0 Å². The van der Waals surface area contributed by atoms with Crippen molar-refractivity contribution in [2.75, 3.05) is 13.2 Å². The van der Waals surface area contributed by atoms with Crippen LogP contribution in [-0.4, -0.2) is 30.3 Å². The molecule has 1 aromatic rings. The van der Waals surface area contributed by atoms with Gasteiger partial charge in [-0.15, -0.1) is 0 Å². The van der Waals surface area contributed by atoms with Gasteiger partial charge >= 0.3 is 0 Å². The van der Waals surface area contributed by atoms with E-state index in [1.54, 1.807) is 18.2 Å². The summed E-state index contributed by atoms with van der Waals surface area (Å²) in [5.41, 5.74) is 0.482. The van der Waals surface area contributed by atoms with Crippen LogP contribution in [-0.2, 0) is 4.74 Å². The molecule has 1 aliphatic rings. The number of phenolic OH excluding ortho intramolecular Hbond substituents is 1. The standard InChI is InChI=1S/C13H17NO3/c1-9(11-5-6-17-8-11)14-13(16)10-3-2-4-12(15)7-10/h2-4,7,9,11,15H,5-6,8H2,1H3,(H,14,16). The van der Waals surface area contributed by atoms with E-state index in [1.165, 1.54) is 6.07 Å². The molecule has 1 aromatic carbocycles. The maximum atomic E-state index is 11.9. The van der Waals surface area contributed by atoms with Crippen molar-refractivity contribution < 1.29 is 14.6 Å². The number of ether oxygens (including phenoxy) is 1. The third-order valence-corrected chi connectivity index (χ3v) is 3.14. The van der Waals surface area contributed by atoms with E-state index < -0.39 is 0 Å². The minimum Gasteiger partial charge on any atom is -0.508 e. The molecule has 2 atom stereocenters. The van der Waals surface area contributed by atoms with E-state index in [9.17, 15) is 9.90 Å². The van der Waals surface area contributed by atoms with E-state index >= 15 is 0 Å². The summed E-state index contributed by atoms with van der Waals surface area (Å²) in [4.78, 5) is 11.9. The summed E-state index contributed by atoms with van der Waals surface area (Å²) >= 11 is 0. The monoisotopic (exact) mass is 235 g/mol. The highest BCUT2D eigenvalue weighted by molar-refractivity contribution is 5.94. The average molecular weight is 235 g/mol. The summed E-state index contributed by atoms with van der Waals surface area (Å²) in [6, 6.07) is 6.45. The smallest absolute Gasteiger partial charge is 0.251 e. The number of amides is 1.